The highest BCUT2D eigenvalue weighted by Gasteiger charge is 2.32. The quantitative estimate of drug-likeness (QED) is 0.889. The molecule has 1 aliphatic heterocycles. The van der Waals surface area contributed by atoms with Crippen LogP contribution in [0.4, 0.5) is 0 Å². The molecule has 2 unspecified atom stereocenters. The van der Waals surface area contributed by atoms with Crippen molar-refractivity contribution in [3.8, 4) is 0 Å². The van der Waals surface area contributed by atoms with Gasteiger partial charge in [-0.3, -0.25) is 9.48 Å². The fraction of sp³-hybridized carbons (Fsp3) is 0.733. The number of morpholine rings is 1. The maximum atomic E-state index is 12.7. The normalized spacial score (nSPS) is 23.4. The number of carbonyl (C=O) groups excluding carboxylic acids is 1. The van der Waals surface area contributed by atoms with Gasteiger partial charge >= 0.3 is 0 Å². The second-order valence-corrected chi connectivity index (χ2v) is 6.70. The zero-order valence-electron chi connectivity index (χ0n) is 13.5. The second kappa shape index (κ2) is 5.77. The van der Waals surface area contributed by atoms with E-state index in [1.54, 1.807) is 4.90 Å². The van der Waals surface area contributed by atoms with E-state index in [-0.39, 0.29) is 30.2 Å². The average Bonchev–Trinajstić information content (AvgIpc) is 2.80. The highest BCUT2D eigenvalue weighted by molar-refractivity contribution is 5.92. The Morgan fingerprint density at radius 3 is 2.71 bits per heavy atom. The van der Waals surface area contributed by atoms with Crippen LogP contribution in [-0.4, -0.2) is 57.6 Å². The maximum absolute atomic E-state index is 12.7. The van der Waals surface area contributed by atoms with Crippen molar-refractivity contribution >= 4 is 5.91 Å². The van der Waals surface area contributed by atoms with Gasteiger partial charge in [0.15, 0.2) is 5.69 Å². The monoisotopic (exact) mass is 295 g/mol. The van der Waals surface area contributed by atoms with Crippen molar-refractivity contribution in [2.24, 2.45) is 0 Å². The van der Waals surface area contributed by atoms with Gasteiger partial charge in [0, 0.05) is 12.2 Å². The van der Waals surface area contributed by atoms with Gasteiger partial charge in [-0.15, -0.1) is 0 Å². The summed E-state index contributed by atoms with van der Waals surface area (Å²) in [5.41, 5.74) is 1.26. The molecule has 2 atom stereocenters. The summed E-state index contributed by atoms with van der Waals surface area (Å²) in [7, 11) is 0. The summed E-state index contributed by atoms with van der Waals surface area (Å²) < 4.78 is 7.34. The number of aliphatic hydroxyl groups is 1. The number of rotatable bonds is 2. The van der Waals surface area contributed by atoms with Gasteiger partial charge < -0.3 is 14.7 Å². The Balaban J connectivity index is 2.23. The lowest BCUT2D eigenvalue weighted by atomic mass is 10.1. The molecule has 1 fully saturated rings. The molecule has 0 spiro atoms. The van der Waals surface area contributed by atoms with Crippen molar-refractivity contribution in [3.05, 3.63) is 17.5 Å². The molecule has 2 heterocycles. The molecule has 6 heteroatoms. The first-order valence-electron chi connectivity index (χ1n) is 7.34. The van der Waals surface area contributed by atoms with Gasteiger partial charge in [0.2, 0.25) is 0 Å². The summed E-state index contributed by atoms with van der Waals surface area (Å²) in [5.74, 6) is -0.102. The molecule has 0 saturated carbocycles. The predicted octanol–water partition coefficient (Wildman–Crippen LogP) is 1.17. The molecule has 0 aliphatic carbocycles. The molecule has 1 aromatic heterocycles. The van der Waals surface area contributed by atoms with E-state index in [4.69, 9.17) is 4.74 Å². The molecule has 21 heavy (non-hydrogen) atoms. The van der Waals surface area contributed by atoms with Crippen LogP contribution in [0, 0.1) is 6.92 Å². The van der Waals surface area contributed by atoms with Crippen LogP contribution in [0.2, 0.25) is 0 Å². The summed E-state index contributed by atoms with van der Waals surface area (Å²) in [5, 5.41) is 13.7. The maximum Gasteiger partial charge on any atom is 0.274 e. The van der Waals surface area contributed by atoms with Gasteiger partial charge in [0.1, 0.15) is 0 Å². The molecule has 118 valence electrons. The summed E-state index contributed by atoms with van der Waals surface area (Å²) in [6.07, 6.45) is -0.309. The number of aryl methyl sites for hydroxylation is 1. The lowest BCUT2D eigenvalue weighted by Crippen LogP contribution is -2.52. The van der Waals surface area contributed by atoms with Gasteiger partial charge in [0.05, 0.1) is 30.9 Å². The second-order valence-electron chi connectivity index (χ2n) is 6.70. The minimum atomic E-state index is -0.309. The van der Waals surface area contributed by atoms with Gasteiger partial charge in [0.25, 0.3) is 5.91 Å². The molecule has 1 saturated heterocycles. The Morgan fingerprint density at radius 1 is 1.52 bits per heavy atom. The third-order valence-electron chi connectivity index (χ3n) is 3.71. The van der Waals surface area contributed by atoms with E-state index in [1.807, 2.05) is 24.6 Å². The van der Waals surface area contributed by atoms with Crippen molar-refractivity contribution in [2.45, 2.75) is 52.3 Å². The summed E-state index contributed by atoms with van der Waals surface area (Å²) in [6.45, 7) is 10.8. The lowest BCUT2D eigenvalue weighted by molar-refractivity contribution is -0.0669. The summed E-state index contributed by atoms with van der Waals surface area (Å²) in [4.78, 5) is 14.4. The van der Waals surface area contributed by atoms with Crippen molar-refractivity contribution in [1.29, 1.82) is 0 Å². The first-order chi connectivity index (χ1) is 9.74. The first-order valence-corrected chi connectivity index (χ1v) is 7.34. The first kappa shape index (κ1) is 16.0. The smallest absolute Gasteiger partial charge is 0.274 e. The SMILES string of the molecule is Cc1cc(C(=O)N2CC(CO)OCC2C)nn1C(C)(C)C. The Morgan fingerprint density at radius 2 is 2.19 bits per heavy atom. The zero-order valence-corrected chi connectivity index (χ0v) is 13.5. The molecule has 0 bridgehead atoms. The summed E-state index contributed by atoms with van der Waals surface area (Å²) >= 11 is 0. The number of aromatic nitrogens is 2. The Bertz CT molecular complexity index is 519. The topological polar surface area (TPSA) is 67.6 Å². The molecular weight excluding hydrogens is 270 g/mol. The highest BCUT2D eigenvalue weighted by atomic mass is 16.5. The van der Waals surface area contributed by atoms with E-state index >= 15 is 0 Å². The van der Waals surface area contributed by atoms with Crippen LogP contribution in [0.5, 0.6) is 0 Å². The molecule has 1 N–H and O–H groups in total. The minimum absolute atomic E-state index is 0.0135. The van der Waals surface area contributed by atoms with E-state index in [0.29, 0.717) is 18.8 Å². The molecule has 0 aromatic carbocycles. The molecule has 6 nitrogen and oxygen atoms in total. The largest absolute Gasteiger partial charge is 0.394 e. The van der Waals surface area contributed by atoms with Gasteiger partial charge in [-0.2, -0.15) is 5.10 Å². The summed E-state index contributed by atoms with van der Waals surface area (Å²) in [6, 6.07) is 1.81. The fourth-order valence-electron chi connectivity index (χ4n) is 2.62. The Kier molecular flexibility index (Phi) is 4.39. The van der Waals surface area contributed by atoms with Crippen LogP contribution < -0.4 is 0 Å². The van der Waals surface area contributed by atoms with Crippen LogP contribution in [0.25, 0.3) is 0 Å². The van der Waals surface area contributed by atoms with Crippen molar-refractivity contribution in [2.75, 3.05) is 19.8 Å². The van der Waals surface area contributed by atoms with E-state index < -0.39 is 0 Å². The van der Waals surface area contributed by atoms with Crippen LogP contribution in [-0.2, 0) is 10.3 Å². The molecular formula is C15H25N3O3. The standard InChI is InChI=1S/C15H25N3O3/c1-10-6-13(16-18(10)15(3,4)5)14(20)17-7-12(8-19)21-9-11(17)2/h6,11-12,19H,7-9H2,1-5H3. The van der Waals surface area contributed by atoms with Gasteiger partial charge in [-0.1, -0.05) is 0 Å². The third-order valence-corrected chi connectivity index (χ3v) is 3.71. The van der Waals surface area contributed by atoms with Crippen molar-refractivity contribution < 1.29 is 14.6 Å². The highest BCUT2D eigenvalue weighted by Crippen LogP contribution is 2.20. The van der Waals surface area contributed by atoms with Crippen molar-refractivity contribution in [3.63, 3.8) is 0 Å². The Labute approximate surface area is 125 Å². The molecule has 0 radical (unpaired) electrons. The zero-order chi connectivity index (χ0) is 15.8. The van der Waals surface area contributed by atoms with E-state index in [9.17, 15) is 9.90 Å². The van der Waals surface area contributed by atoms with Crippen LogP contribution in [0.15, 0.2) is 6.07 Å². The molecule has 1 aliphatic rings. The number of hydrogen-bond donors (Lipinski definition) is 1. The predicted molar refractivity (Wildman–Crippen MR) is 79.3 cm³/mol. The van der Waals surface area contributed by atoms with Crippen LogP contribution in [0.1, 0.15) is 43.9 Å². The number of hydrogen-bond acceptors (Lipinski definition) is 4. The number of aliphatic hydroxyl groups excluding tert-OH is 1. The number of nitrogens with zero attached hydrogens (tertiary/aromatic N) is 3. The van der Waals surface area contributed by atoms with E-state index in [0.717, 1.165) is 5.69 Å². The molecule has 2 rings (SSSR count). The van der Waals surface area contributed by atoms with E-state index in [2.05, 4.69) is 25.9 Å². The minimum Gasteiger partial charge on any atom is -0.394 e. The number of carbonyl (C=O) groups is 1. The van der Waals surface area contributed by atoms with Gasteiger partial charge in [-0.25, -0.2) is 0 Å². The molecule has 1 aromatic rings. The third kappa shape index (κ3) is 3.27. The fourth-order valence-corrected chi connectivity index (χ4v) is 2.62. The van der Waals surface area contributed by atoms with Crippen LogP contribution in [0.3, 0.4) is 0 Å². The average molecular weight is 295 g/mol. The number of ether oxygens (including phenoxy) is 1. The Hall–Kier alpha value is -1.40. The molecule has 1 amide bonds. The van der Waals surface area contributed by atoms with Crippen molar-refractivity contribution in [1.82, 2.24) is 14.7 Å². The number of amides is 1. The van der Waals surface area contributed by atoms with Gasteiger partial charge in [-0.05, 0) is 40.7 Å². The van der Waals surface area contributed by atoms with E-state index in [1.165, 1.54) is 0 Å². The lowest BCUT2D eigenvalue weighted by Gasteiger charge is -2.37. The van der Waals surface area contributed by atoms with Crippen LogP contribution >= 0.6 is 0 Å².